The number of piperidine rings is 1. The topological polar surface area (TPSA) is 66.9 Å². The average Bonchev–Trinajstić information content (AvgIpc) is 2.74. The van der Waals surface area contributed by atoms with Crippen LogP contribution < -0.4 is 4.74 Å². The van der Waals surface area contributed by atoms with E-state index in [1.807, 2.05) is 37.3 Å². The van der Waals surface area contributed by atoms with Crippen LogP contribution in [0.15, 0.2) is 59.5 Å². The van der Waals surface area contributed by atoms with Crippen molar-refractivity contribution >= 4 is 15.9 Å². The predicted molar refractivity (Wildman–Crippen MR) is 112 cm³/mol. The summed E-state index contributed by atoms with van der Waals surface area (Å²) in [6.07, 6.45) is 1.37. The van der Waals surface area contributed by atoms with Gasteiger partial charge in [-0.25, -0.2) is 8.42 Å². The molecule has 1 fully saturated rings. The Morgan fingerprint density at radius 2 is 1.83 bits per heavy atom. The van der Waals surface area contributed by atoms with E-state index in [0.717, 1.165) is 5.56 Å². The van der Waals surface area contributed by atoms with Crippen LogP contribution in [0.25, 0.3) is 0 Å². The minimum atomic E-state index is -3.64. The van der Waals surface area contributed by atoms with Gasteiger partial charge in [0.15, 0.2) is 0 Å². The van der Waals surface area contributed by atoms with Crippen molar-refractivity contribution in [2.45, 2.75) is 31.2 Å². The lowest BCUT2D eigenvalue weighted by atomic mass is 9.98. The Hall–Kier alpha value is -2.38. The van der Waals surface area contributed by atoms with E-state index in [-0.39, 0.29) is 23.3 Å². The number of carbonyl (C=O) groups is 1. The van der Waals surface area contributed by atoms with Gasteiger partial charge in [-0.05, 0) is 49.6 Å². The van der Waals surface area contributed by atoms with Crippen LogP contribution in [0.4, 0.5) is 0 Å². The van der Waals surface area contributed by atoms with Crippen molar-refractivity contribution in [2.24, 2.45) is 5.92 Å². The number of carbonyl (C=O) groups excluding carboxylic acids is 1. The molecule has 1 aliphatic rings. The minimum absolute atomic E-state index is 0.0135. The van der Waals surface area contributed by atoms with E-state index in [9.17, 15) is 13.2 Å². The molecule has 1 amide bonds. The molecule has 0 aliphatic carbocycles. The second kappa shape index (κ2) is 9.41. The van der Waals surface area contributed by atoms with Gasteiger partial charge in [0.05, 0.1) is 17.4 Å². The molecule has 1 atom stereocenters. The van der Waals surface area contributed by atoms with Gasteiger partial charge in [-0.2, -0.15) is 4.31 Å². The molecule has 0 bridgehead atoms. The standard InChI is InChI=1S/C22H28N2O4S/c1-3-28-20-11-13-21(14-12-20)29(26,27)24-15-7-10-19(17-24)22(25)23(2)16-18-8-5-4-6-9-18/h4-6,8-9,11-14,19H,3,7,10,15-17H2,1-2H3/t19-/m0/s1. The molecular weight excluding hydrogens is 388 g/mol. The Labute approximate surface area is 173 Å². The molecule has 1 heterocycles. The van der Waals surface area contributed by atoms with Gasteiger partial charge in [0.2, 0.25) is 15.9 Å². The molecule has 1 saturated heterocycles. The summed E-state index contributed by atoms with van der Waals surface area (Å²) >= 11 is 0. The number of sulfonamides is 1. The highest BCUT2D eigenvalue weighted by molar-refractivity contribution is 7.89. The average molecular weight is 417 g/mol. The molecule has 29 heavy (non-hydrogen) atoms. The van der Waals surface area contributed by atoms with Gasteiger partial charge in [0.1, 0.15) is 5.75 Å². The van der Waals surface area contributed by atoms with Crippen molar-refractivity contribution in [2.75, 3.05) is 26.7 Å². The zero-order valence-electron chi connectivity index (χ0n) is 17.0. The largest absolute Gasteiger partial charge is 0.494 e. The van der Waals surface area contributed by atoms with Crippen LogP contribution in [0.3, 0.4) is 0 Å². The predicted octanol–water partition coefficient (Wildman–Crippen LogP) is 3.14. The first kappa shape index (κ1) is 21.3. The second-order valence-corrected chi connectivity index (χ2v) is 9.22. The van der Waals surface area contributed by atoms with E-state index in [0.29, 0.717) is 38.3 Å². The monoisotopic (exact) mass is 416 g/mol. The van der Waals surface area contributed by atoms with Gasteiger partial charge < -0.3 is 9.64 Å². The number of hydrogen-bond acceptors (Lipinski definition) is 4. The van der Waals surface area contributed by atoms with E-state index in [1.54, 1.807) is 36.2 Å². The maximum absolute atomic E-state index is 13.0. The molecule has 1 aliphatic heterocycles. The third-order valence-electron chi connectivity index (χ3n) is 5.14. The second-order valence-electron chi connectivity index (χ2n) is 7.29. The first-order chi connectivity index (χ1) is 13.9. The number of hydrogen-bond donors (Lipinski definition) is 0. The number of benzene rings is 2. The summed E-state index contributed by atoms with van der Waals surface area (Å²) in [4.78, 5) is 14.8. The fourth-order valence-corrected chi connectivity index (χ4v) is 5.16. The third-order valence-corrected chi connectivity index (χ3v) is 7.02. The van der Waals surface area contributed by atoms with Crippen LogP contribution in [-0.4, -0.2) is 50.3 Å². The van der Waals surface area contributed by atoms with Crippen LogP contribution in [0.2, 0.25) is 0 Å². The van der Waals surface area contributed by atoms with Crippen molar-refractivity contribution in [3.8, 4) is 5.75 Å². The minimum Gasteiger partial charge on any atom is -0.494 e. The zero-order valence-corrected chi connectivity index (χ0v) is 17.8. The Kier molecular flexibility index (Phi) is 6.92. The maximum atomic E-state index is 13.0. The molecule has 0 N–H and O–H groups in total. The van der Waals surface area contributed by atoms with Crippen LogP contribution in [0.1, 0.15) is 25.3 Å². The number of amides is 1. The third kappa shape index (κ3) is 5.16. The van der Waals surface area contributed by atoms with E-state index in [1.165, 1.54) is 4.31 Å². The van der Waals surface area contributed by atoms with E-state index in [2.05, 4.69) is 0 Å². The summed E-state index contributed by atoms with van der Waals surface area (Å²) < 4.78 is 32.9. The smallest absolute Gasteiger partial charge is 0.243 e. The van der Waals surface area contributed by atoms with Crippen molar-refractivity contribution in [1.29, 1.82) is 0 Å². The molecule has 3 rings (SSSR count). The van der Waals surface area contributed by atoms with Crippen molar-refractivity contribution in [3.05, 3.63) is 60.2 Å². The molecule has 2 aromatic carbocycles. The fraction of sp³-hybridized carbons (Fsp3) is 0.409. The van der Waals surface area contributed by atoms with Crippen LogP contribution in [0, 0.1) is 5.92 Å². The lowest BCUT2D eigenvalue weighted by Crippen LogP contribution is -2.45. The molecule has 0 spiro atoms. The quantitative estimate of drug-likeness (QED) is 0.695. The first-order valence-corrected chi connectivity index (χ1v) is 11.4. The Morgan fingerprint density at radius 1 is 1.14 bits per heavy atom. The van der Waals surface area contributed by atoms with E-state index in [4.69, 9.17) is 4.74 Å². The summed E-state index contributed by atoms with van der Waals surface area (Å²) in [6.45, 7) is 3.57. The SMILES string of the molecule is CCOc1ccc(S(=O)(=O)N2CCC[C@H](C(=O)N(C)Cc3ccccc3)C2)cc1. The molecule has 2 aromatic rings. The molecule has 156 valence electrons. The molecule has 6 nitrogen and oxygen atoms in total. The Morgan fingerprint density at radius 3 is 2.48 bits per heavy atom. The van der Waals surface area contributed by atoms with Crippen LogP contribution >= 0.6 is 0 Å². The molecule has 0 radical (unpaired) electrons. The van der Waals surface area contributed by atoms with Gasteiger partial charge in [-0.3, -0.25) is 4.79 Å². The molecule has 7 heteroatoms. The van der Waals surface area contributed by atoms with Gasteiger partial charge in [-0.1, -0.05) is 30.3 Å². The summed E-state index contributed by atoms with van der Waals surface area (Å²) in [6, 6.07) is 16.2. The molecule has 0 unspecified atom stereocenters. The van der Waals surface area contributed by atoms with Crippen LogP contribution in [-0.2, 0) is 21.4 Å². The number of nitrogens with zero attached hydrogens (tertiary/aromatic N) is 2. The highest BCUT2D eigenvalue weighted by Crippen LogP contribution is 2.26. The Balaban J connectivity index is 1.68. The van der Waals surface area contributed by atoms with Crippen molar-refractivity contribution < 1.29 is 17.9 Å². The summed E-state index contributed by atoms with van der Waals surface area (Å²) in [7, 11) is -1.86. The number of rotatable bonds is 7. The highest BCUT2D eigenvalue weighted by atomic mass is 32.2. The fourth-order valence-electron chi connectivity index (χ4n) is 3.63. The first-order valence-electron chi connectivity index (χ1n) is 9.93. The summed E-state index contributed by atoms with van der Waals surface area (Å²) in [5.41, 5.74) is 1.05. The number of ether oxygens (including phenoxy) is 1. The van der Waals surface area contributed by atoms with Crippen molar-refractivity contribution in [3.63, 3.8) is 0 Å². The molecular formula is C22H28N2O4S. The van der Waals surface area contributed by atoms with Crippen LogP contribution in [0.5, 0.6) is 5.75 Å². The molecule has 0 aromatic heterocycles. The maximum Gasteiger partial charge on any atom is 0.243 e. The van der Waals surface area contributed by atoms with E-state index >= 15 is 0 Å². The zero-order chi connectivity index (χ0) is 20.9. The normalized spacial score (nSPS) is 17.7. The molecule has 0 saturated carbocycles. The van der Waals surface area contributed by atoms with Gasteiger partial charge in [0, 0.05) is 26.7 Å². The van der Waals surface area contributed by atoms with Gasteiger partial charge >= 0.3 is 0 Å². The van der Waals surface area contributed by atoms with E-state index < -0.39 is 10.0 Å². The van der Waals surface area contributed by atoms with Gasteiger partial charge in [-0.15, -0.1) is 0 Å². The lowest BCUT2D eigenvalue weighted by Gasteiger charge is -2.33. The van der Waals surface area contributed by atoms with Crippen molar-refractivity contribution in [1.82, 2.24) is 9.21 Å². The Bertz CT molecular complexity index is 914. The summed E-state index contributed by atoms with van der Waals surface area (Å²) in [5, 5.41) is 0. The highest BCUT2D eigenvalue weighted by Gasteiger charge is 2.34. The summed E-state index contributed by atoms with van der Waals surface area (Å²) in [5.74, 6) is 0.302. The van der Waals surface area contributed by atoms with Gasteiger partial charge in [0.25, 0.3) is 0 Å². The lowest BCUT2D eigenvalue weighted by molar-refractivity contribution is -0.135.